The van der Waals surface area contributed by atoms with Crippen LogP contribution in [0, 0.1) is 12.3 Å². The third-order valence-corrected chi connectivity index (χ3v) is 3.58. The highest BCUT2D eigenvalue weighted by Gasteiger charge is 2.17. The highest BCUT2D eigenvalue weighted by molar-refractivity contribution is 9.10. The minimum Gasteiger partial charge on any atom is -0.478 e. The van der Waals surface area contributed by atoms with Crippen LogP contribution in [0.4, 0.5) is 0 Å². The number of nitrogens with one attached hydrogen (secondary N) is 1. The van der Waals surface area contributed by atoms with Gasteiger partial charge in [-0.2, -0.15) is 0 Å². The van der Waals surface area contributed by atoms with E-state index in [9.17, 15) is 9.59 Å². The number of halogens is 1. The van der Waals surface area contributed by atoms with Crippen molar-refractivity contribution >= 4 is 27.8 Å². The van der Waals surface area contributed by atoms with Gasteiger partial charge in [-0.1, -0.05) is 20.8 Å². The molecule has 0 aromatic heterocycles. The smallest absolute Gasteiger partial charge is 0.336 e. The second-order valence-corrected chi connectivity index (χ2v) is 6.50. The lowest BCUT2D eigenvalue weighted by molar-refractivity contribution is 0.0695. The number of carbonyl (C=O) groups is 2. The van der Waals surface area contributed by atoms with Crippen LogP contribution in [-0.4, -0.2) is 23.5 Å². The number of hydrogen-bond acceptors (Lipinski definition) is 2. The van der Waals surface area contributed by atoms with Gasteiger partial charge in [0.2, 0.25) is 0 Å². The van der Waals surface area contributed by atoms with Gasteiger partial charge >= 0.3 is 5.97 Å². The molecule has 0 aliphatic heterocycles. The van der Waals surface area contributed by atoms with Gasteiger partial charge in [0.1, 0.15) is 0 Å². The molecule has 0 aliphatic carbocycles. The number of benzene rings is 1. The van der Waals surface area contributed by atoms with Crippen molar-refractivity contribution in [2.45, 2.75) is 27.7 Å². The summed E-state index contributed by atoms with van der Waals surface area (Å²) in [5.74, 6) is -1.31. The van der Waals surface area contributed by atoms with Gasteiger partial charge in [0.15, 0.2) is 0 Å². The first-order valence-corrected chi connectivity index (χ1v) is 6.73. The first kappa shape index (κ1) is 15.7. The fourth-order valence-corrected chi connectivity index (χ4v) is 1.90. The Hall–Kier alpha value is -1.36. The van der Waals surface area contributed by atoms with Crippen molar-refractivity contribution in [1.29, 1.82) is 0 Å². The summed E-state index contributed by atoms with van der Waals surface area (Å²) in [4.78, 5) is 23.1. The van der Waals surface area contributed by atoms with E-state index in [1.807, 2.05) is 20.8 Å². The van der Waals surface area contributed by atoms with Gasteiger partial charge < -0.3 is 10.4 Å². The predicted molar refractivity (Wildman–Crippen MR) is 77.6 cm³/mol. The summed E-state index contributed by atoms with van der Waals surface area (Å²) in [5, 5.41) is 11.9. The van der Waals surface area contributed by atoms with Crippen molar-refractivity contribution in [3.05, 3.63) is 33.3 Å². The number of carbonyl (C=O) groups excluding carboxylic acids is 1. The number of carboxylic acid groups (broad SMARTS) is 1. The molecule has 0 atom stereocenters. The van der Waals surface area contributed by atoms with E-state index in [4.69, 9.17) is 5.11 Å². The van der Waals surface area contributed by atoms with Crippen molar-refractivity contribution in [2.75, 3.05) is 6.54 Å². The second-order valence-electron chi connectivity index (χ2n) is 5.70. The van der Waals surface area contributed by atoms with Crippen molar-refractivity contribution in [3.63, 3.8) is 0 Å². The lowest BCUT2D eigenvalue weighted by Crippen LogP contribution is -2.32. The van der Waals surface area contributed by atoms with Gasteiger partial charge in [0.25, 0.3) is 5.91 Å². The zero-order chi connectivity index (χ0) is 14.8. The lowest BCUT2D eigenvalue weighted by Gasteiger charge is -2.19. The number of aromatic carboxylic acids is 1. The summed E-state index contributed by atoms with van der Waals surface area (Å²) >= 11 is 3.22. The van der Waals surface area contributed by atoms with E-state index in [0.717, 1.165) is 5.56 Å². The molecule has 104 valence electrons. The molecule has 0 radical (unpaired) electrons. The van der Waals surface area contributed by atoms with Crippen molar-refractivity contribution < 1.29 is 14.7 Å². The number of rotatable bonds is 3. The van der Waals surface area contributed by atoms with Crippen LogP contribution < -0.4 is 5.32 Å². The molecule has 0 saturated heterocycles. The number of carboxylic acids is 1. The van der Waals surface area contributed by atoms with Gasteiger partial charge in [-0.05, 0) is 46.0 Å². The van der Waals surface area contributed by atoms with E-state index in [2.05, 4.69) is 21.2 Å². The molecule has 1 aromatic carbocycles. The SMILES string of the molecule is Cc1cc(C(=O)NCC(C)(C)C)cc(C(=O)O)c1Br. The number of amides is 1. The molecule has 2 N–H and O–H groups in total. The Morgan fingerprint density at radius 3 is 2.37 bits per heavy atom. The van der Waals surface area contributed by atoms with Gasteiger partial charge in [-0.3, -0.25) is 4.79 Å². The molecule has 4 nitrogen and oxygen atoms in total. The zero-order valence-corrected chi connectivity index (χ0v) is 13.1. The maximum Gasteiger partial charge on any atom is 0.336 e. The average Bonchev–Trinajstić information content (AvgIpc) is 2.28. The van der Waals surface area contributed by atoms with Crippen LogP contribution in [0.15, 0.2) is 16.6 Å². The fourth-order valence-electron chi connectivity index (χ4n) is 1.50. The molecule has 0 fully saturated rings. The molecular formula is C14H18BrNO3. The summed E-state index contributed by atoms with van der Waals surface area (Å²) in [6, 6.07) is 3.06. The molecule has 19 heavy (non-hydrogen) atoms. The predicted octanol–water partition coefficient (Wildman–Crippen LogP) is 3.23. The van der Waals surface area contributed by atoms with Crippen LogP contribution in [0.1, 0.15) is 47.1 Å². The Labute approximate surface area is 121 Å². The molecular weight excluding hydrogens is 310 g/mol. The molecule has 0 aliphatic rings. The monoisotopic (exact) mass is 327 g/mol. The molecule has 1 amide bonds. The van der Waals surface area contributed by atoms with Crippen LogP contribution in [0.25, 0.3) is 0 Å². The fraction of sp³-hybridized carbons (Fsp3) is 0.429. The van der Waals surface area contributed by atoms with Gasteiger partial charge in [0, 0.05) is 16.6 Å². The highest BCUT2D eigenvalue weighted by atomic mass is 79.9. The third kappa shape index (κ3) is 4.35. The van der Waals surface area contributed by atoms with Crippen molar-refractivity contribution in [1.82, 2.24) is 5.32 Å². The number of hydrogen-bond donors (Lipinski definition) is 2. The van der Waals surface area contributed by atoms with E-state index in [1.54, 1.807) is 13.0 Å². The Morgan fingerprint density at radius 2 is 1.89 bits per heavy atom. The minimum atomic E-state index is -1.06. The second kappa shape index (κ2) is 5.74. The number of aryl methyl sites for hydroxylation is 1. The molecule has 0 bridgehead atoms. The van der Waals surface area contributed by atoms with E-state index in [-0.39, 0.29) is 16.9 Å². The largest absolute Gasteiger partial charge is 0.478 e. The normalized spacial score (nSPS) is 11.2. The summed E-state index contributed by atoms with van der Waals surface area (Å²) < 4.78 is 0.507. The summed E-state index contributed by atoms with van der Waals surface area (Å²) in [5.41, 5.74) is 1.17. The summed E-state index contributed by atoms with van der Waals surface area (Å²) in [6.07, 6.45) is 0. The van der Waals surface area contributed by atoms with E-state index >= 15 is 0 Å². The molecule has 0 heterocycles. The quantitative estimate of drug-likeness (QED) is 0.895. The van der Waals surface area contributed by atoms with Crippen LogP contribution >= 0.6 is 15.9 Å². The van der Waals surface area contributed by atoms with E-state index in [0.29, 0.717) is 16.6 Å². The first-order valence-electron chi connectivity index (χ1n) is 5.93. The van der Waals surface area contributed by atoms with Gasteiger partial charge in [-0.15, -0.1) is 0 Å². The van der Waals surface area contributed by atoms with E-state index in [1.165, 1.54) is 6.07 Å². The molecule has 1 rings (SSSR count). The van der Waals surface area contributed by atoms with Crippen LogP contribution in [0.5, 0.6) is 0 Å². The van der Waals surface area contributed by atoms with Crippen LogP contribution in [0.3, 0.4) is 0 Å². The van der Waals surface area contributed by atoms with E-state index < -0.39 is 5.97 Å². The highest BCUT2D eigenvalue weighted by Crippen LogP contribution is 2.23. The topological polar surface area (TPSA) is 66.4 Å². The van der Waals surface area contributed by atoms with Crippen molar-refractivity contribution in [3.8, 4) is 0 Å². The summed E-state index contributed by atoms with van der Waals surface area (Å²) in [6.45, 7) is 8.34. The Kier molecular flexibility index (Phi) is 4.74. The Balaban J connectivity index is 3.02. The standard InChI is InChI=1S/C14H18BrNO3/c1-8-5-9(6-10(11(8)15)13(18)19)12(17)16-7-14(2,3)4/h5-6H,7H2,1-4H3,(H,16,17)(H,18,19). The van der Waals surface area contributed by atoms with Crippen molar-refractivity contribution in [2.24, 2.45) is 5.41 Å². The molecule has 5 heteroatoms. The Morgan fingerprint density at radius 1 is 1.32 bits per heavy atom. The first-order chi connectivity index (χ1) is 8.61. The van der Waals surface area contributed by atoms with Crippen LogP contribution in [-0.2, 0) is 0 Å². The maximum absolute atomic E-state index is 12.0. The van der Waals surface area contributed by atoms with Gasteiger partial charge in [0.05, 0.1) is 5.56 Å². The van der Waals surface area contributed by atoms with Gasteiger partial charge in [-0.25, -0.2) is 4.79 Å². The molecule has 0 unspecified atom stereocenters. The van der Waals surface area contributed by atoms with Crippen LogP contribution in [0.2, 0.25) is 0 Å². The maximum atomic E-state index is 12.0. The molecule has 0 saturated carbocycles. The third-order valence-electron chi connectivity index (χ3n) is 2.53. The minimum absolute atomic E-state index is 0.0182. The lowest BCUT2D eigenvalue weighted by atomic mass is 9.96. The molecule has 0 spiro atoms. The Bertz CT molecular complexity index is 518. The average molecular weight is 328 g/mol. The molecule has 1 aromatic rings. The summed E-state index contributed by atoms with van der Waals surface area (Å²) in [7, 11) is 0. The zero-order valence-electron chi connectivity index (χ0n) is 11.5.